The van der Waals surface area contributed by atoms with Crippen LogP contribution in [0.1, 0.15) is 11.1 Å². The lowest BCUT2D eigenvalue weighted by molar-refractivity contribution is -0.138. The molecule has 0 unspecified atom stereocenters. The molecule has 0 bridgehead atoms. The number of aromatic amines is 1. The van der Waals surface area contributed by atoms with E-state index in [-0.39, 0.29) is 36.1 Å². The molecule has 0 spiro atoms. The third kappa shape index (κ3) is 3.73. The number of nitrogens with zero attached hydrogens (tertiary/aromatic N) is 3. The molecule has 4 aromatic rings. The first-order valence-electron chi connectivity index (χ1n) is 9.76. The van der Waals surface area contributed by atoms with Crippen molar-refractivity contribution in [2.45, 2.75) is 12.4 Å². The Morgan fingerprint density at radius 1 is 0.939 bits per heavy atom. The van der Waals surface area contributed by atoms with Gasteiger partial charge in [0.25, 0.3) is 0 Å². The Kier molecular flexibility index (Phi) is 4.73. The first-order chi connectivity index (χ1) is 15.6. The maximum atomic E-state index is 13.6. The van der Waals surface area contributed by atoms with Crippen LogP contribution in [0.2, 0.25) is 0 Å². The molecule has 0 atom stereocenters. The number of H-pyrrole nitrogens is 1. The Morgan fingerprint density at radius 2 is 1.76 bits per heavy atom. The Bertz CT molecular complexity index is 1340. The molecule has 0 radical (unpaired) electrons. The number of benzene rings is 2. The number of nitrogens with one attached hydrogen (secondary N) is 1. The van der Waals surface area contributed by atoms with Crippen LogP contribution in [-0.2, 0) is 12.4 Å². The van der Waals surface area contributed by atoms with Gasteiger partial charge in [-0.15, -0.1) is 0 Å². The molecule has 5 nitrogen and oxygen atoms in total. The quantitative estimate of drug-likeness (QED) is 0.360. The summed E-state index contributed by atoms with van der Waals surface area (Å²) >= 11 is 0. The maximum Gasteiger partial charge on any atom is 0.419 e. The van der Waals surface area contributed by atoms with Gasteiger partial charge < -0.3 is 14.6 Å². The number of aromatic nitrogens is 3. The first kappa shape index (κ1) is 21.1. The van der Waals surface area contributed by atoms with Crippen LogP contribution in [-0.4, -0.2) is 28.1 Å². The van der Waals surface area contributed by atoms with E-state index in [0.29, 0.717) is 16.8 Å². The van der Waals surface area contributed by atoms with Gasteiger partial charge in [-0.2, -0.15) is 26.3 Å². The fourth-order valence-corrected chi connectivity index (χ4v) is 3.80. The second-order valence-corrected chi connectivity index (χ2v) is 7.34. The number of hydrogen-bond donors (Lipinski definition) is 1. The van der Waals surface area contributed by atoms with Gasteiger partial charge in [-0.1, -0.05) is 6.07 Å². The molecular formula is C22H14F6N4O. The third-order valence-corrected chi connectivity index (χ3v) is 5.26. The van der Waals surface area contributed by atoms with Gasteiger partial charge in [-0.05, 0) is 42.5 Å². The van der Waals surface area contributed by atoms with Gasteiger partial charge >= 0.3 is 12.4 Å². The Hall–Kier alpha value is -3.76. The van der Waals surface area contributed by atoms with Crippen molar-refractivity contribution < 1.29 is 31.1 Å². The number of halogens is 6. The third-order valence-electron chi connectivity index (χ3n) is 5.26. The molecule has 1 aliphatic heterocycles. The largest absolute Gasteiger partial charge is 0.489 e. The Morgan fingerprint density at radius 3 is 2.52 bits per heavy atom. The summed E-state index contributed by atoms with van der Waals surface area (Å²) in [7, 11) is 0. The summed E-state index contributed by atoms with van der Waals surface area (Å²) in [5.41, 5.74) is -0.461. The molecule has 2 aromatic carbocycles. The highest BCUT2D eigenvalue weighted by Gasteiger charge is 2.37. The van der Waals surface area contributed by atoms with Gasteiger partial charge in [-0.25, -0.2) is 9.97 Å². The minimum absolute atomic E-state index is 0.0797. The van der Waals surface area contributed by atoms with Crippen molar-refractivity contribution in [1.29, 1.82) is 0 Å². The molecule has 1 aliphatic rings. The van der Waals surface area contributed by atoms with Crippen molar-refractivity contribution in [2.75, 3.05) is 18.1 Å². The van der Waals surface area contributed by atoms with E-state index in [9.17, 15) is 26.3 Å². The summed E-state index contributed by atoms with van der Waals surface area (Å²) in [5, 5.41) is 0. The monoisotopic (exact) mass is 464 g/mol. The van der Waals surface area contributed by atoms with Crippen LogP contribution >= 0.6 is 0 Å². The highest BCUT2D eigenvalue weighted by molar-refractivity contribution is 5.85. The Labute approximate surface area is 182 Å². The van der Waals surface area contributed by atoms with Gasteiger partial charge in [0, 0.05) is 6.20 Å². The fraction of sp³-hybridized carbons (Fsp3) is 0.182. The van der Waals surface area contributed by atoms with E-state index in [0.717, 1.165) is 18.2 Å². The van der Waals surface area contributed by atoms with E-state index in [1.165, 1.54) is 23.2 Å². The zero-order valence-corrected chi connectivity index (χ0v) is 16.6. The standard InChI is InChI=1S/C22H14F6N4O/c23-21(24,25)12-6-7-15-16(11-12)31-19(30-15)13-3-1-5-17-18(13)33-10-9-32(17)20-14(22(26,27)28)4-2-8-29-20/h1-8,11H,9-10H2,(H,30,31). The number of fused-ring (bicyclic) bond motifs is 2. The molecule has 0 saturated heterocycles. The number of para-hydroxylation sites is 1. The molecule has 3 heterocycles. The summed E-state index contributed by atoms with van der Waals surface area (Å²) in [6, 6.07) is 10.2. The second kappa shape index (κ2) is 7.39. The molecule has 0 aliphatic carbocycles. The minimum atomic E-state index is -4.60. The number of alkyl halides is 6. The van der Waals surface area contributed by atoms with Crippen LogP contribution in [0.5, 0.6) is 5.75 Å². The van der Waals surface area contributed by atoms with E-state index in [2.05, 4.69) is 15.0 Å². The predicted molar refractivity (Wildman–Crippen MR) is 108 cm³/mol. The molecule has 1 N–H and O–H groups in total. The van der Waals surface area contributed by atoms with Crippen molar-refractivity contribution in [3.63, 3.8) is 0 Å². The van der Waals surface area contributed by atoms with Gasteiger partial charge in [0.15, 0.2) is 5.75 Å². The highest BCUT2D eigenvalue weighted by Crippen LogP contribution is 2.45. The second-order valence-electron chi connectivity index (χ2n) is 7.34. The molecule has 2 aromatic heterocycles. The average Bonchev–Trinajstić information content (AvgIpc) is 3.20. The van der Waals surface area contributed by atoms with Crippen LogP contribution in [0.3, 0.4) is 0 Å². The van der Waals surface area contributed by atoms with Gasteiger partial charge in [0.05, 0.1) is 40.0 Å². The smallest absolute Gasteiger partial charge is 0.419 e. The molecular weight excluding hydrogens is 450 g/mol. The average molecular weight is 464 g/mol. The van der Waals surface area contributed by atoms with E-state index < -0.39 is 23.5 Å². The van der Waals surface area contributed by atoms with Crippen molar-refractivity contribution in [2.24, 2.45) is 0 Å². The van der Waals surface area contributed by atoms with Crippen molar-refractivity contribution in [3.05, 3.63) is 65.9 Å². The van der Waals surface area contributed by atoms with E-state index in [1.807, 2.05) is 0 Å². The van der Waals surface area contributed by atoms with Gasteiger partial charge in [0.2, 0.25) is 0 Å². The van der Waals surface area contributed by atoms with Crippen molar-refractivity contribution >= 4 is 22.5 Å². The Balaban J connectivity index is 1.62. The van der Waals surface area contributed by atoms with Crippen molar-refractivity contribution in [3.8, 4) is 17.1 Å². The van der Waals surface area contributed by atoms with E-state index >= 15 is 0 Å². The van der Waals surface area contributed by atoms with Gasteiger partial charge in [0.1, 0.15) is 18.2 Å². The zero-order valence-electron chi connectivity index (χ0n) is 16.6. The molecule has 0 fully saturated rings. The molecule has 33 heavy (non-hydrogen) atoms. The molecule has 0 saturated carbocycles. The number of anilines is 2. The summed E-state index contributed by atoms with van der Waals surface area (Å²) in [6.07, 6.45) is -7.83. The fourth-order valence-electron chi connectivity index (χ4n) is 3.80. The van der Waals surface area contributed by atoms with Crippen LogP contribution < -0.4 is 9.64 Å². The molecule has 5 rings (SSSR count). The summed E-state index contributed by atoms with van der Waals surface area (Å²) in [6.45, 7) is 0.210. The van der Waals surface area contributed by atoms with Gasteiger partial charge in [-0.3, -0.25) is 0 Å². The van der Waals surface area contributed by atoms with Crippen LogP contribution in [0, 0.1) is 0 Å². The lowest BCUT2D eigenvalue weighted by Crippen LogP contribution is -2.31. The molecule has 11 heteroatoms. The minimum Gasteiger partial charge on any atom is -0.489 e. The maximum absolute atomic E-state index is 13.6. The first-order valence-corrected chi connectivity index (χ1v) is 9.76. The number of ether oxygens (including phenoxy) is 1. The number of rotatable bonds is 2. The normalized spacial score (nSPS) is 14.3. The van der Waals surface area contributed by atoms with Crippen LogP contribution in [0.15, 0.2) is 54.7 Å². The molecule has 0 amide bonds. The lowest BCUT2D eigenvalue weighted by Gasteiger charge is -2.32. The zero-order chi connectivity index (χ0) is 23.4. The summed E-state index contributed by atoms with van der Waals surface area (Å²) < 4.78 is 85.6. The van der Waals surface area contributed by atoms with Crippen molar-refractivity contribution in [1.82, 2.24) is 15.0 Å². The number of pyridine rings is 1. The SMILES string of the molecule is FC(F)(F)c1ccc2nc(-c3cccc4c3OCCN4c3ncccc3C(F)(F)F)[nH]c2c1. The van der Waals surface area contributed by atoms with Crippen LogP contribution in [0.4, 0.5) is 37.8 Å². The predicted octanol–water partition coefficient (Wildman–Crippen LogP) is 6.19. The lowest BCUT2D eigenvalue weighted by atomic mass is 10.1. The number of imidazole rings is 1. The topological polar surface area (TPSA) is 54.0 Å². The van der Waals surface area contributed by atoms with E-state index in [4.69, 9.17) is 4.74 Å². The highest BCUT2D eigenvalue weighted by atomic mass is 19.4. The molecule has 170 valence electrons. The van der Waals surface area contributed by atoms with E-state index in [1.54, 1.807) is 18.2 Å². The number of hydrogen-bond acceptors (Lipinski definition) is 4. The van der Waals surface area contributed by atoms with Crippen LogP contribution in [0.25, 0.3) is 22.4 Å². The summed E-state index contributed by atoms with van der Waals surface area (Å²) in [5.74, 6) is 0.240. The summed E-state index contributed by atoms with van der Waals surface area (Å²) in [4.78, 5) is 12.6.